The van der Waals surface area contributed by atoms with Gasteiger partial charge in [-0.25, -0.2) is 0 Å². The molecule has 6 nitrogen and oxygen atoms in total. The van der Waals surface area contributed by atoms with E-state index in [0.717, 1.165) is 27.8 Å². The second kappa shape index (κ2) is 8.28. The number of thioether (sulfide) groups is 1. The fraction of sp³-hybridized carbons (Fsp3) is 0.0909. The lowest BCUT2D eigenvalue weighted by Crippen LogP contribution is -2.10. The van der Waals surface area contributed by atoms with Crippen molar-refractivity contribution in [3.05, 3.63) is 89.7 Å². The summed E-state index contributed by atoms with van der Waals surface area (Å²) in [4.78, 5) is 15.5. The van der Waals surface area contributed by atoms with Crippen molar-refractivity contribution >= 4 is 17.7 Å². The largest absolute Gasteiger partial charge is 0.366 e. The van der Waals surface area contributed by atoms with Crippen molar-refractivity contribution < 1.29 is 4.79 Å². The van der Waals surface area contributed by atoms with Crippen LogP contribution in [0.5, 0.6) is 0 Å². The van der Waals surface area contributed by atoms with Gasteiger partial charge >= 0.3 is 0 Å². The highest BCUT2D eigenvalue weighted by Crippen LogP contribution is 2.29. The number of rotatable bonds is 6. The van der Waals surface area contributed by atoms with Crippen molar-refractivity contribution in [1.82, 2.24) is 19.7 Å². The van der Waals surface area contributed by atoms with Crippen LogP contribution in [0.25, 0.3) is 17.1 Å². The Balaban J connectivity index is 1.70. The molecule has 29 heavy (non-hydrogen) atoms. The maximum Gasteiger partial charge on any atom is 0.248 e. The van der Waals surface area contributed by atoms with Gasteiger partial charge in [-0.1, -0.05) is 41.6 Å². The summed E-state index contributed by atoms with van der Waals surface area (Å²) < 4.78 is 2.04. The zero-order valence-electron chi connectivity index (χ0n) is 15.8. The highest BCUT2D eigenvalue weighted by Gasteiger charge is 2.16. The molecule has 0 unspecified atom stereocenters. The summed E-state index contributed by atoms with van der Waals surface area (Å²) in [6, 6.07) is 19.4. The fourth-order valence-electron chi connectivity index (χ4n) is 2.94. The molecule has 0 aliphatic carbocycles. The van der Waals surface area contributed by atoms with E-state index >= 15 is 0 Å². The van der Waals surface area contributed by atoms with Gasteiger partial charge in [0.05, 0.1) is 0 Å². The summed E-state index contributed by atoms with van der Waals surface area (Å²) in [5, 5.41) is 9.63. The van der Waals surface area contributed by atoms with Crippen LogP contribution in [0, 0.1) is 6.92 Å². The lowest BCUT2D eigenvalue weighted by molar-refractivity contribution is 0.1000. The summed E-state index contributed by atoms with van der Waals surface area (Å²) in [6.45, 7) is 2.06. The first kappa shape index (κ1) is 18.9. The molecule has 0 aliphatic rings. The summed E-state index contributed by atoms with van der Waals surface area (Å²) in [5.41, 5.74) is 10.0. The lowest BCUT2D eigenvalue weighted by Gasteiger charge is -2.11. The first-order valence-electron chi connectivity index (χ1n) is 9.06. The Bertz CT molecular complexity index is 1140. The zero-order chi connectivity index (χ0) is 20.2. The van der Waals surface area contributed by atoms with Crippen molar-refractivity contribution in [2.24, 2.45) is 5.73 Å². The number of carbonyl (C=O) groups excluding carboxylic acids is 1. The molecule has 0 atom stereocenters. The van der Waals surface area contributed by atoms with E-state index in [1.165, 1.54) is 5.56 Å². The molecule has 0 bridgehead atoms. The Morgan fingerprint density at radius 3 is 2.52 bits per heavy atom. The van der Waals surface area contributed by atoms with Crippen molar-refractivity contribution in [3.63, 3.8) is 0 Å². The van der Waals surface area contributed by atoms with Crippen LogP contribution in [0.2, 0.25) is 0 Å². The average Bonchev–Trinajstić information content (AvgIpc) is 3.17. The molecule has 0 spiro atoms. The molecule has 144 valence electrons. The minimum atomic E-state index is -0.431. The van der Waals surface area contributed by atoms with Gasteiger partial charge in [-0.15, -0.1) is 10.2 Å². The highest BCUT2D eigenvalue weighted by atomic mass is 32.2. The highest BCUT2D eigenvalue weighted by molar-refractivity contribution is 7.98. The number of primary amides is 1. The Hall–Kier alpha value is -3.45. The van der Waals surface area contributed by atoms with Gasteiger partial charge in [0.15, 0.2) is 11.0 Å². The summed E-state index contributed by atoms with van der Waals surface area (Å²) in [5.74, 6) is 0.964. The molecular formula is C22H19N5OS. The Kier molecular flexibility index (Phi) is 5.39. The van der Waals surface area contributed by atoms with Crippen molar-refractivity contribution in [2.45, 2.75) is 17.8 Å². The first-order chi connectivity index (χ1) is 14.1. The molecule has 0 saturated heterocycles. The molecule has 2 heterocycles. The van der Waals surface area contributed by atoms with Crippen LogP contribution >= 0.6 is 11.8 Å². The number of pyridine rings is 1. The van der Waals surface area contributed by atoms with E-state index in [-0.39, 0.29) is 0 Å². The monoisotopic (exact) mass is 401 g/mol. The van der Waals surface area contributed by atoms with Gasteiger partial charge in [0.1, 0.15) is 0 Å². The van der Waals surface area contributed by atoms with E-state index in [9.17, 15) is 4.79 Å². The Labute approximate surface area is 172 Å². The van der Waals surface area contributed by atoms with E-state index in [1.54, 1.807) is 30.2 Å². The smallest absolute Gasteiger partial charge is 0.248 e. The van der Waals surface area contributed by atoms with Crippen LogP contribution < -0.4 is 5.73 Å². The number of carbonyl (C=O) groups is 1. The van der Waals surface area contributed by atoms with Gasteiger partial charge in [-0.05, 0) is 48.9 Å². The van der Waals surface area contributed by atoms with Crippen LogP contribution in [-0.4, -0.2) is 25.7 Å². The van der Waals surface area contributed by atoms with Gasteiger partial charge in [0.25, 0.3) is 0 Å². The second-order valence-corrected chi connectivity index (χ2v) is 7.51. The molecule has 7 heteroatoms. The van der Waals surface area contributed by atoms with Crippen molar-refractivity contribution in [3.8, 4) is 17.1 Å². The van der Waals surface area contributed by atoms with Crippen LogP contribution in [0.15, 0.2) is 78.2 Å². The molecule has 2 aromatic carbocycles. The molecule has 4 rings (SSSR count). The third-order valence-corrected chi connectivity index (χ3v) is 5.44. The number of nitrogens with zero attached hydrogens (tertiary/aromatic N) is 4. The number of benzene rings is 2. The fourth-order valence-corrected chi connectivity index (χ4v) is 3.84. The third kappa shape index (κ3) is 4.20. The van der Waals surface area contributed by atoms with Gasteiger partial charge in [-0.3, -0.25) is 14.3 Å². The van der Waals surface area contributed by atoms with E-state index in [1.807, 2.05) is 34.9 Å². The Morgan fingerprint density at radius 1 is 1.03 bits per heavy atom. The van der Waals surface area contributed by atoms with Gasteiger partial charge in [-0.2, -0.15) is 0 Å². The number of amides is 1. The molecule has 0 aliphatic heterocycles. The SMILES string of the molecule is Cc1ccc(-n2c(SCc3cccc(C(N)=O)c3)nnc2-c2ccncc2)cc1. The van der Waals surface area contributed by atoms with Crippen LogP contribution in [0.1, 0.15) is 21.5 Å². The second-order valence-electron chi connectivity index (χ2n) is 6.57. The number of hydrogen-bond acceptors (Lipinski definition) is 5. The van der Waals surface area contributed by atoms with E-state index < -0.39 is 5.91 Å². The summed E-state index contributed by atoms with van der Waals surface area (Å²) in [7, 11) is 0. The van der Waals surface area contributed by atoms with Gasteiger partial charge in [0.2, 0.25) is 5.91 Å². The maximum atomic E-state index is 11.4. The van der Waals surface area contributed by atoms with E-state index in [2.05, 4.69) is 46.4 Å². The number of aromatic nitrogens is 4. The van der Waals surface area contributed by atoms with Gasteiger partial charge in [0, 0.05) is 35.0 Å². The lowest BCUT2D eigenvalue weighted by atomic mass is 10.1. The third-order valence-electron chi connectivity index (χ3n) is 4.44. The zero-order valence-corrected chi connectivity index (χ0v) is 16.6. The normalized spacial score (nSPS) is 10.8. The predicted molar refractivity (Wildman–Crippen MR) is 114 cm³/mol. The minimum absolute atomic E-state index is 0.431. The first-order valence-corrected chi connectivity index (χ1v) is 10.0. The van der Waals surface area contributed by atoms with Gasteiger partial charge < -0.3 is 5.73 Å². The Morgan fingerprint density at radius 2 is 1.79 bits per heavy atom. The molecule has 0 saturated carbocycles. The van der Waals surface area contributed by atoms with E-state index in [4.69, 9.17) is 5.73 Å². The molecule has 2 N–H and O–H groups in total. The molecule has 4 aromatic rings. The quantitative estimate of drug-likeness (QED) is 0.493. The maximum absolute atomic E-state index is 11.4. The number of aryl methyl sites for hydroxylation is 1. The standard InChI is InChI=1S/C22H19N5OS/c1-15-5-7-19(8-6-15)27-21(17-9-11-24-12-10-17)25-26-22(27)29-14-16-3-2-4-18(13-16)20(23)28/h2-13H,14H2,1H3,(H2,23,28). The molecule has 0 radical (unpaired) electrons. The van der Waals surface area contributed by atoms with Crippen molar-refractivity contribution in [1.29, 1.82) is 0 Å². The van der Waals surface area contributed by atoms with E-state index in [0.29, 0.717) is 11.3 Å². The number of nitrogens with two attached hydrogens (primary N) is 1. The average molecular weight is 401 g/mol. The summed E-state index contributed by atoms with van der Waals surface area (Å²) >= 11 is 1.56. The predicted octanol–water partition coefficient (Wildman–Crippen LogP) is 4.03. The molecule has 0 fully saturated rings. The van der Waals surface area contributed by atoms with Crippen LogP contribution in [-0.2, 0) is 5.75 Å². The van der Waals surface area contributed by atoms with Crippen LogP contribution in [0.4, 0.5) is 0 Å². The summed E-state index contributed by atoms with van der Waals surface area (Å²) in [6.07, 6.45) is 3.48. The molecule has 1 amide bonds. The minimum Gasteiger partial charge on any atom is -0.366 e. The topological polar surface area (TPSA) is 86.7 Å². The molecular weight excluding hydrogens is 382 g/mol. The van der Waals surface area contributed by atoms with Crippen LogP contribution in [0.3, 0.4) is 0 Å². The van der Waals surface area contributed by atoms with Crippen molar-refractivity contribution in [2.75, 3.05) is 0 Å². The molecule has 2 aromatic heterocycles. The number of hydrogen-bond donors (Lipinski definition) is 1.